The van der Waals surface area contributed by atoms with E-state index < -0.39 is 0 Å². The van der Waals surface area contributed by atoms with Gasteiger partial charge in [0.05, 0.1) is 22.3 Å². The molecule has 0 bridgehead atoms. The highest BCUT2D eigenvalue weighted by molar-refractivity contribution is 6.09. The molecule has 0 unspecified atom stereocenters. The van der Waals surface area contributed by atoms with Gasteiger partial charge in [-0.25, -0.2) is 4.98 Å². The van der Waals surface area contributed by atoms with Gasteiger partial charge in [0.25, 0.3) is 5.91 Å². The third-order valence-corrected chi connectivity index (χ3v) is 6.48. The monoisotopic (exact) mass is 481 g/mol. The first-order valence-corrected chi connectivity index (χ1v) is 12.4. The maximum Gasteiger partial charge on any atom is 0.254 e. The molecule has 184 valence electrons. The summed E-state index contributed by atoms with van der Waals surface area (Å²) < 4.78 is 0. The number of hydrogen-bond donors (Lipinski definition) is 3. The van der Waals surface area contributed by atoms with Crippen molar-refractivity contribution in [1.29, 1.82) is 0 Å². The van der Waals surface area contributed by atoms with Crippen molar-refractivity contribution in [3.05, 3.63) is 77.5 Å². The topological polar surface area (TPSA) is 94.1 Å². The Hall–Kier alpha value is -3.97. The van der Waals surface area contributed by atoms with Gasteiger partial charge in [-0.3, -0.25) is 9.89 Å². The van der Waals surface area contributed by atoms with Gasteiger partial charge >= 0.3 is 0 Å². The van der Waals surface area contributed by atoms with Crippen molar-refractivity contribution in [3.63, 3.8) is 0 Å². The van der Waals surface area contributed by atoms with Crippen molar-refractivity contribution >= 4 is 29.1 Å². The van der Waals surface area contributed by atoms with E-state index in [-0.39, 0.29) is 17.7 Å². The molecule has 7 heteroatoms. The van der Waals surface area contributed by atoms with Crippen molar-refractivity contribution in [2.45, 2.75) is 26.3 Å². The van der Waals surface area contributed by atoms with Gasteiger partial charge in [0, 0.05) is 31.2 Å². The van der Waals surface area contributed by atoms with Gasteiger partial charge < -0.3 is 15.3 Å². The average molecular weight is 482 g/mol. The highest BCUT2D eigenvalue weighted by Gasteiger charge is 2.27. The summed E-state index contributed by atoms with van der Waals surface area (Å²) in [6.45, 7) is 6.50. The molecule has 2 aromatic heterocycles. The predicted molar refractivity (Wildman–Crippen MR) is 144 cm³/mol. The van der Waals surface area contributed by atoms with Crippen LogP contribution in [0.4, 0.5) is 0 Å². The lowest BCUT2D eigenvalue weighted by Gasteiger charge is -2.34. The summed E-state index contributed by atoms with van der Waals surface area (Å²) in [4.78, 5) is 20.7. The number of pyridine rings is 1. The molecule has 5 rings (SSSR count). The van der Waals surface area contributed by atoms with Crippen LogP contribution in [0, 0.1) is 5.92 Å². The lowest BCUT2D eigenvalue weighted by Crippen LogP contribution is -2.53. The van der Waals surface area contributed by atoms with Gasteiger partial charge in [-0.2, -0.15) is 5.10 Å². The number of aromatic amines is 1. The quantitative estimate of drug-likeness (QED) is 0.362. The summed E-state index contributed by atoms with van der Waals surface area (Å²) in [5.74, 6) is 0.714. The van der Waals surface area contributed by atoms with E-state index in [9.17, 15) is 9.90 Å². The number of hydrogen-bond acceptors (Lipinski definition) is 5. The third kappa shape index (κ3) is 5.16. The highest BCUT2D eigenvalue weighted by atomic mass is 16.3. The van der Waals surface area contributed by atoms with E-state index in [0.29, 0.717) is 47.0 Å². The number of fused-ring (bicyclic) bond motifs is 1. The maximum absolute atomic E-state index is 14.0. The van der Waals surface area contributed by atoms with Gasteiger partial charge in [-0.05, 0) is 54.3 Å². The van der Waals surface area contributed by atoms with Crippen LogP contribution in [-0.2, 0) is 0 Å². The number of amides is 1. The number of aromatic nitrogens is 3. The van der Waals surface area contributed by atoms with E-state index in [4.69, 9.17) is 4.98 Å². The van der Waals surface area contributed by atoms with Crippen LogP contribution >= 0.6 is 0 Å². The smallest absolute Gasteiger partial charge is 0.254 e. The summed E-state index contributed by atoms with van der Waals surface area (Å²) in [7, 11) is 0. The van der Waals surface area contributed by atoms with Gasteiger partial charge in [-0.15, -0.1) is 0 Å². The summed E-state index contributed by atoms with van der Waals surface area (Å²) in [5.41, 5.74) is 4.34. The molecule has 4 aromatic rings. The van der Waals surface area contributed by atoms with Crippen LogP contribution in [0.1, 0.15) is 41.9 Å². The van der Waals surface area contributed by atoms with Gasteiger partial charge in [0.1, 0.15) is 5.75 Å². The predicted octanol–water partition coefficient (Wildman–Crippen LogP) is 4.96. The van der Waals surface area contributed by atoms with Gasteiger partial charge in [-0.1, -0.05) is 50.3 Å². The summed E-state index contributed by atoms with van der Waals surface area (Å²) in [5, 5.41) is 21.5. The van der Waals surface area contributed by atoms with E-state index in [1.54, 1.807) is 24.3 Å². The number of carbonyl (C=O) groups is 1. The molecule has 1 saturated heterocycles. The zero-order chi connectivity index (χ0) is 25.1. The Labute approximate surface area is 210 Å². The Kier molecular flexibility index (Phi) is 6.82. The molecular formula is C29H31N5O2. The number of phenols is 1. The van der Waals surface area contributed by atoms with Crippen molar-refractivity contribution in [1.82, 2.24) is 25.4 Å². The molecule has 1 atom stereocenters. The minimum Gasteiger partial charge on any atom is -0.508 e. The molecule has 2 aromatic carbocycles. The Morgan fingerprint density at radius 3 is 2.67 bits per heavy atom. The van der Waals surface area contributed by atoms with Crippen LogP contribution in [-0.4, -0.2) is 56.8 Å². The van der Waals surface area contributed by atoms with Crippen molar-refractivity contribution < 1.29 is 9.90 Å². The van der Waals surface area contributed by atoms with Crippen LogP contribution in [0.25, 0.3) is 34.4 Å². The molecule has 0 saturated carbocycles. The fourth-order valence-electron chi connectivity index (χ4n) is 4.77. The highest BCUT2D eigenvalue weighted by Crippen LogP contribution is 2.29. The number of benzene rings is 2. The Balaban J connectivity index is 1.57. The van der Waals surface area contributed by atoms with Crippen molar-refractivity contribution in [3.8, 4) is 17.0 Å². The number of nitrogens with zero attached hydrogens (tertiary/aromatic N) is 3. The normalized spacial score (nSPS) is 16.3. The van der Waals surface area contributed by atoms with E-state index in [1.807, 2.05) is 53.5 Å². The zero-order valence-electron chi connectivity index (χ0n) is 20.6. The van der Waals surface area contributed by atoms with Crippen LogP contribution < -0.4 is 5.32 Å². The Morgan fingerprint density at radius 2 is 1.92 bits per heavy atom. The van der Waals surface area contributed by atoms with Crippen LogP contribution in [0.3, 0.4) is 0 Å². The third-order valence-electron chi connectivity index (χ3n) is 6.48. The van der Waals surface area contributed by atoms with E-state index in [1.165, 1.54) is 0 Å². The molecule has 1 fully saturated rings. The maximum atomic E-state index is 14.0. The van der Waals surface area contributed by atoms with E-state index >= 15 is 0 Å². The molecule has 3 heterocycles. The number of H-pyrrole nitrogens is 1. The SMILES string of the molecule is CC(C)C[C@H]1CN(C(=O)c2cc(-c3ccc(O)cc3)nc3[nH]nc(/C=C/c4ccccc4)c23)CCN1. The van der Waals surface area contributed by atoms with Crippen LogP contribution in [0.15, 0.2) is 60.7 Å². The number of carbonyl (C=O) groups excluding carboxylic acids is 1. The standard InChI is InChI=1S/C29H31N5O2/c1-19(2)16-22-18-34(15-14-30-22)29(36)24-17-26(21-9-11-23(35)12-10-21)31-28-27(24)25(32-33-28)13-8-20-6-4-3-5-7-20/h3-13,17,19,22,30,35H,14-16,18H2,1-2H3,(H,31,32,33)/b13-8+/t22-/m0/s1. The first-order valence-electron chi connectivity index (χ1n) is 12.4. The molecule has 1 aliphatic rings. The van der Waals surface area contributed by atoms with E-state index in [0.717, 1.165) is 24.1 Å². The number of phenolic OH excluding ortho intramolecular Hbond substituents is 1. The van der Waals surface area contributed by atoms with E-state index in [2.05, 4.69) is 29.4 Å². The molecule has 0 spiro atoms. The molecule has 0 radical (unpaired) electrons. The lowest BCUT2D eigenvalue weighted by atomic mass is 10.00. The molecule has 1 aliphatic heterocycles. The summed E-state index contributed by atoms with van der Waals surface area (Å²) >= 11 is 0. The first-order chi connectivity index (χ1) is 17.5. The molecule has 36 heavy (non-hydrogen) atoms. The van der Waals surface area contributed by atoms with Crippen LogP contribution in [0.5, 0.6) is 5.75 Å². The number of nitrogens with one attached hydrogen (secondary N) is 2. The second-order valence-electron chi connectivity index (χ2n) is 9.71. The number of aromatic hydroxyl groups is 1. The molecule has 1 amide bonds. The summed E-state index contributed by atoms with van der Waals surface area (Å²) in [6, 6.07) is 19.0. The fraction of sp³-hybridized carbons (Fsp3) is 0.276. The lowest BCUT2D eigenvalue weighted by molar-refractivity contribution is 0.0696. The largest absolute Gasteiger partial charge is 0.508 e. The Bertz CT molecular complexity index is 1380. The number of rotatable bonds is 6. The second-order valence-corrected chi connectivity index (χ2v) is 9.71. The fourth-order valence-corrected chi connectivity index (χ4v) is 4.77. The number of piperazine rings is 1. The average Bonchev–Trinajstić information content (AvgIpc) is 3.30. The molecular weight excluding hydrogens is 450 g/mol. The van der Waals surface area contributed by atoms with Crippen LogP contribution in [0.2, 0.25) is 0 Å². The second kappa shape index (κ2) is 10.3. The zero-order valence-corrected chi connectivity index (χ0v) is 20.6. The van der Waals surface area contributed by atoms with Crippen molar-refractivity contribution in [2.75, 3.05) is 19.6 Å². The molecule has 0 aliphatic carbocycles. The first kappa shape index (κ1) is 23.8. The van der Waals surface area contributed by atoms with Crippen molar-refractivity contribution in [2.24, 2.45) is 5.92 Å². The van der Waals surface area contributed by atoms with Gasteiger partial charge in [0.15, 0.2) is 5.65 Å². The molecule has 3 N–H and O–H groups in total. The summed E-state index contributed by atoms with van der Waals surface area (Å²) in [6.07, 6.45) is 4.93. The minimum atomic E-state index is -0.0200. The minimum absolute atomic E-state index is 0.0200. The molecule has 7 nitrogen and oxygen atoms in total. The van der Waals surface area contributed by atoms with Gasteiger partial charge in [0.2, 0.25) is 0 Å². The Morgan fingerprint density at radius 1 is 1.14 bits per heavy atom.